The van der Waals surface area contributed by atoms with Crippen molar-refractivity contribution in [3.05, 3.63) is 29.8 Å². The zero-order valence-electron chi connectivity index (χ0n) is 11.0. The summed E-state index contributed by atoms with van der Waals surface area (Å²) < 4.78 is 63.2. The van der Waals surface area contributed by atoms with E-state index in [2.05, 4.69) is 4.74 Å². The van der Waals surface area contributed by atoms with Crippen LogP contribution in [0, 0.1) is 11.6 Å². The number of hydrogen-bond acceptors (Lipinski definition) is 2. The molecule has 1 saturated heterocycles. The van der Waals surface area contributed by atoms with E-state index in [1.807, 2.05) is 6.92 Å². The molecule has 2 rings (SSSR count). The Bertz CT molecular complexity index is 464. The van der Waals surface area contributed by atoms with Gasteiger partial charge in [-0.1, -0.05) is 13.3 Å². The van der Waals surface area contributed by atoms with Crippen LogP contribution in [-0.4, -0.2) is 18.3 Å². The summed E-state index contributed by atoms with van der Waals surface area (Å²) in [7, 11) is 0. The highest BCUT2D eigenvalue weighted by molar-refractivity contribution is 5.24. The molecule has 112 valence electrons. The van der Waals surface area contributed by atoms with Crippen LogP contribution in [0.3, 0.4) is 0 Å². The monoisotopic (exact) mass is 292 g/mol. The Kier molecular flexibility index (Phi) is 4.52. The van der Waals surface area contributed by atoms with Gasteiger partial charge in [0.1, 0.15) is 5.75 Å². The van der Waals surface area contributed by atoms with Crippen LogP contribution in [0.5, 0.6) is 5.75 Å². The van der Waals surface area contributed by atoms with Gasteiger partial charge < -0.3 is 9.47 Å². The predicted octanol–water partition coefficient (Wildman–Crippen LogP) is 4.28. The summed E-state index contributed by atoms with van der Waals surface area (Å²) in [5.41, 5.74) is 0. The van der Waals surface area contributed by atoms with Gasteiger partial charge in [-0.3, -0.25) is 0 Å². The van der Waals surface area contributed by atoms with Crippen LogP contribution in [-0.2, 0) is 4.74 Å². The third kappa shape index (κ3) is 3.42. The zero-order chi connectivity index (χ0) is 14.8. The molecule has 1 aliphatic heterocycles. The number of benzene rings is 1. The van der Waals surface area contributed by atoms with Gasteiger partial charge in [0, 0.05) is 6.07 Å². The lowest BCUT2D eigenvalue weighted by molar-refractivity contribution is -0.247. The molecule has 1 aromatic rings. The van der Waals surface area contributed by atoms with Crippen molar-refractivity contribution in [1.82, 2.24) is 0 Å². The molecule has 0 aliphatic carbocycles. The van der Waals surface area contributed by atoms with E-state index >= 15 is 0 Å². The maximum Gasteiger partial charge on any atom is 0.424 e. The Morgan fingerprint density at radius 2 is 2.00 bits per heavy atom. The third-order valence-electron chi connectivity index (χ3n) is 3.24. The molecular formula is C14H16F4O2. The fourth-order valence-corrected chi connectivity index (χ4v) is 2.25. The Morgan fingerprint density at radius 1 is 1.25 bits per heavy atom. The average Bonchev–Trinajstić information content (AvgIpc) is 2.83. The second-order valence-electron chi connectivity index (χ2n) is 4.85. The highest BCUT2D eigenvalue weighted by Crippen LogP contribution is 2.35. The van der Waals surface area contributed by atoms with Crippen molar-refractivity contribution in [2.45, 2.75) is 50.9 Å². The molecule has 0 radical (unpaired) electrons. The molecule has 0 aromatic heterocycles. The third-order valence-corrected chi connectivity index (χ3v) is 3.24. The lowest BCUT2D eigenvalue weighted by atomic mass is 10.1. The SMILES string of the molecule is CCCC1CCC(C(F)(F)Oc2ccc(F)c(F)c2)O1. The van der Waals surface area contributed by atoms with Crippen molar-refractivity contribution in [2.75, 3.05) is 0 Å². The molecule has 2 atom stereocenters. The van der Waals surface area contributed by atoms with Crippen molar-refractivity contribution in [3.8, 4) is 5.75 Å². The molecule has 0 N–H and O–H groups in total. The Hall–Kier alpha value is -1.30. The van der Waals surface area contributed by atoms with Crippen LogP contribution in [0.2, 0.25) is 0 Å². The predicted molar refractivity (Wildman–Crippen MR) is 64.7 cm³/mol. The highest BCUT2D eigenvalue weighted by Gasteiger charge is 2.47. The first-order valence-electron chi connectivity index (χ1n) is 6.59. The largest absolute Gasteiger partial charge is 0.431 e. The van der Waals surface area contributed by atoms with Crippen LogP contribution >= 0.6 is 0 Å². The Labute approximate surface area is 114 Å². The normalized spacial score (nSPS) is 23.1. The van der Waals surface area contributed by atoms with E-state index in [9.17, 15) is 17.6 Å². The summed E-state index contributed by atoms with van der Waals surface area (Å²) in [6, 6.07) is 2.31. The number of halogens is 4. The summed E-state index contributed by atoms with van der Waals surface area (Å²) in [4.78, 5) is 0. The van der Waals surface area contributed by atoms with Gasteiger partial charge in [0.25, 0.3) is 0 Å². The summed E-state index contributed by atoms with van der Waals surface area (Å²) in [5.74, 6) is -2.76. The van der Waals surface area contributed by atoms with Gasteiger partial charge in [0.05, 0.1) is 6.10 Å². The van der Waals surface area contributed by atoms with Crippen LogP contribution in [0.4, 0.5) is 17.6 Å². The van der Waals surface area contributed by atoms with Gasteiger partial charge in [-0.05, 0) is 31.4 Å². The molecule has 1 aliphatic rings. The van der Waals surface area contributed by atoms with Gasteiger partial charge in [-0.2, -0.15) is 8.78 Å². The van der Waals surface area contributed by atoms with Crippen molar-refractivity contribution in [2.24, 2.45) is 0 Å². The smallest absolute Gasteiger partial charge is 0.424 e. The molecule has 1 fully saturated rings. The summed E-state index contributed by atoms with van der Waals surface area (Å²) in [6.07, 6.45) is -2.80. The van der Waals surface area contributed by atoms with Gasteiger partial charge in [-0.15, -0.1) is 0 Å². The molecule has 1 aromatic carbocycles. The van der Waals surface area contributed by atoms with Crippen LogP contribution in [0.25, 0.3) is 0 Å². The number of ether oxygens (including phenoxy) is 2. The van der Waals surface area contributed by atoms with E-state index in [1.165, 1.54) is 0 Å². The quantitative estimate of drug-likeness (QED) is 0.754. The molecule has 2 nitrogen and oxygen atoms in total. The minimum Gasteiger partial charge on any atom is -0.431 e. The number of hydrogen-bond donors (Lipinski definition) is 0. The first kappa shape index (κ1) is 15.1. The molecule has 0 saturated carbocycles. The minimum atomic E-state index is -3.56. The first-order valence-corrected chi connectivity index (χ1v) is 6.59. The number of rotatable bonds is 5. The summed E-state index contributed by atoms with van der Waals surface area (Å²) >= 11 is 0. The van der Waals surface area contributed by atoms with Crippen molar-refractivity contribution in [1.29, 1.82) is 0 Å². The molecule has 1 heterocycles. The van der Waals surface area contributed by atoms with E-state index in [0.717, 1.165) is 25.0 Å². The number of alkyl halides is 2. The van der Waals surface area contributed by atoms with E-state index < -0.39 is 29.6 Å². The van der Waals surface area contributed by atoms with Crippen molar-refractivity contribution in [3.63, 3.8) is 0 Å². The molecule has 0 bridgehead atoms. The summed E-state index contributed by atoms with van der Waals surface area (Å²) in [5, 5.41) is 0. The van der Waals surface area contributed by atoms with Gasteiger partial charge in [0.2, 0.25) is 0 Å². The molecular weight excluding hydrogens is 276 g/mol. The summed E-state index contributed by atoms with van der Waals surface area (Å²) in [6.45, 7) is 1.95. The van der Waals surface area contributed by atoms with Crippen molar-refractivity contribution >= 4 is 0 Å². The van der Waals surface area contributed by atoms with Gasteiger partial charge in [-0.25, -0.2) is 8.78 Å². The topological polar surface area (TPSA) is 18.5 Å². The van der Waals surface area contributed by atoms with E-state index in [1.54, 1.807) is 0 Å². The molecule has 0 spiro atoms. The van der Waals surface area contributed by atoms with Crippen LogP contribution < -0.4 is 4.74 Å². The van der Waals surface area contributed by atoms with Crippen molar-refractivity contribution < 1.29 is 27.0 Å². The lowest BCUT2D eigenvalue weighted by Crippen LogP contribution is -2.39. The van der Waals surface area contributed by atoms with E-state index in [-0.39, 0.29) is 12.5 Å². The van der Waals surface area contributed by atoms with Crippen LogP contribution in [0.1, 0.15) is 32.6 Å². The first-order chi connectivity index (χ1) is 9.42. The fraction of sp³-hybridized carbons (Fsp3) is 0.571. The standard InChI is InChI=1S/C14H16F4O2/c1-2-3-9-5-7-13(19-9)14(17,18)20-10-4-6-11(15)12(16)8-10/h4,6,8-9,13H,2-3,5,7H2,1H3. The van der Waals surface area contributed by atoms with E-state index in [0.29, 0.717) is 12.5 Å². The molecule has 2 unspecified atom stereocenters. The van der Waals surface area contributed by atoms with E-state index in [4.69, 9.17) is 4.74 Å². The second kappa shape index (κ2) is 5.99. The second-order valence-corrected chi connectivity index (χ2v) is 4.85. The average molecular weight is 292 g/mol. The van der Waals surface area contributed by atoms with Crippen LogP contribution in [0.15, 0.2) is 18.2 Å². The zero-order valence-corrected chi connectivity index (χ0v) is 11.0. The maximum atomic E-state index is 13.9. The molecule has 20 heavy (non-hydrogen) atoms. The minimum absolute atomic E-state index is 0.182. The fourth-order valence-electron chi connectivity index (χ4n) is 2.25. The molecule has 6 heteroatoms. The molecule has 0 amide bonds. The highest BCUT2D eigenvalue weighted by atomic mass is 19.3. The van der Waals surface area contributed by atoms with Gasteiger partial charge >= 0.3 is 6.11 Å². The van der Waals surface area contributed by atoms with Gasteiger partial charge in [0.15, 0.2) is 17.7 Å². The maximum absolute atomic E-state index is 13.9. The lowest BCUT2D eigenvalue weighted by Gasteiger charge is -2.24. The Morgan fingerprint density at radius 3 is 2.65 bits per heavy atom. The Balaban J connectivity index is 2.01.